The molecule has 2 amide bonds. The number of carbonyl (C=O) groups is 2. The molecule has 1 N–H and O–H groups in total. The van der Waals surface area contributed by atoms with Gasteiger partial charge in [0.15, 0.2) is 5.82 Å². The van der Waals surface area contributed by atoms with E-state index in [0.29, 0.717) is 18.0 Å². The fourth-order valence-corrected chi connectivity index (χ4v) is 4.44. The lowest BCUT2D eigenvalue weighted by molar-refractivity contribution is -0.121. The summed E-state index contributed by atoms with van der Waals surface area (Å²) >= 11 is 1.65. The highest BCUT2D eigenvalue weighted by Gasteiger charge is 2.30. The van der Waals surface area contributed by atoms with E-state index < -0.39 is 0 Å². The van der Waals surface area contributed by atoms with Crippen molar-refractivity contribution in [3.8, 4) is 0 Å². The van der Waals surface area contributed by atoms with Crippen molar-refractivity contribution in [1.82, 2.24) is 5.16 Å². The molecule has 0 spiro atoms. The molecule has 6 nitrogen and oxygen atoms in total. The third-order valence-corrected chi connectivity index (χ3v) is 5.78. The molecule has 0 saturated carbocycles. The minimum Gasteiger partial charge on any atom is -0.360 e. The number of amides is 2. The van der Waals surface area contributed by atoms with E-state index in [2.05, 4.69) is 10.5 Å². The number of hydrogen-bond donors (Lipinski definition) is 1. The first kappa shape index (κ1) is 18.3. The average molecular weight is 393 g/mol. The summed E-state index contributed by atoms with van der Waals surface area (Å²) in [6, 6.07) is 19.3. The van der Waals surface area contributed by atoms with Gasteiger partial charge in [-0.15, -0.1) is 11.8 Å². The summed E-state index contributed by atoms with van der Waals surface area (Å²) in [5, 5.41) is 6.45. The number of rotatable bonds is 4. The highest BCUT2D eigenvalue weighted by Crippen LogP contribution is 2.45. The molecule has 0 aliphatic carbocycles. The van der Waals surface area contributed by atoms with Crippen molar-refractivity contribution < 1.29 is 14.1 Å². The zero-order valence-corrected chi connectivity index (χ0v) is 16.1. The quantitative estimate of drug-likeness (QED) is 0.719. The van der Waals surface area contributed by atoms with Crippen molar-refractivity contribution in [2.45, 2.75) is 23.5 Å². The van der Waals surface area contributed by atoms with Crippen LogP contribution in [-0.4, -0.2) is 23.5 Å². The second kappa shape index (κ2) is 7.90. The van der Waals surface area contributed by atoms with E-state index in [-0.39, 0.29) is 23.6 Å². The molecule has 0 radical (unpaired) electrons. The van der Waals surface area contributed by atoms with Crippen LogP contribution in [0.2, 0.25) is 0 Å². The molecule has 1 unspecified atom stereocenters. The van der Waals surface area contributed by atoms with E-state index >= 15 is 0 Å². The molecule has 142 valence electrons. The normalized spacial score (nSPS) is 16.4. The molecule has 2 aromatic carbocycles. The van der Waals surface area contributed by atoms with Crippen molar-refractivity contribution in [3.63, 3.8) is 0 Å². The molecule has 28 heavy (non-hydrogen) atoms. The number of aryl methyl sites for hydroxylation is 1. The Labute approximate surface area is 166 Å². The number of carbonyl (C=O) groups excluding carboxylic acids is 2. The maximum atomic E-state index is 13.1. The van der Waals surface area contributed by atoms with Crippen LogP contribution in [0.25, 0.3) is 0 Å². The minimum atomic E-state index is -0.320. The summed E-state index contributed by atoms with van der Waals surface area (Å²) in [7, 11) is 0. The van der Waals surface area contributed by atoms with E-state index in [1.54, 1.807) is 29.7 Å². The Morgan fingerprint density at radius 1 is 1.21 bits per heavy atom. The second-order valence-corrected chi connectivity index (χ2v) is 7.78. The third-order valence-electron chi connectivity index (χ3n) is 4.45. The Morgan fingerprint density at radius 3 is 2.71 bits per heavy atom. The molecule has 4 rings (SSSR count). The highest BCUT2D eigenvalue weighted by molar-refractivity contribution is 7.99. The molecule has 1 atom stereocenters. The van der Waals surface area contributed by atoms with Crippen molar-refractivity contribution >= 4 is 35.1 Å². The lowest BCUT2D eigenvalue weighted by Gasteiger charge is -2.21. The third kappa shape index (κ3) is 3.94. The lowest BCUT2D eigenvalue weighted by Crippen LogP contribution is -2.38. The maximum absolute atomic E-state index is 13.1. The van der Waals surface area contributed by atoms with Crippen LogP contribution < -0.4 is 10.2 Å². The van der Waals surface area contributed by atoms with Gasteiger partial charge in [-0.2, -0.15) is 0 Å². The highest BCUT2D eigenvalue weighted by atomic mass is 32.2. The van der Waals surface area contributed by atoms with Gasteiger partial charge < -0.3 is 14.7 Å². The van der Waals surface area contributed by atoms with Gasteiger partial charge in [0.25, 0.3) is 0 Å². The second-order valence-electron chi connectivity index (χ2n) is 6.54. The van der Waals surface area contributed by atoms with Gasteiger partial charge in [0.05, 0.1) is 5.69 Å². The number of para-hydroxylation sites is 1. The first-order valence-electron chi connectivity index (χ1n) is 8.94. The van der Waals surface area contributed by atoms with Crippen LogP contribution in [-0.2, 0) is 9.59 Å². The van der Waals surface area contributed by atoms with Crippen LogP contribution in [0.4, 0.5) is 11.5 Å². The topological polar surface area (TPSA) is 75.4 Å². The van der Waals surface area contributed by atoms with E-state index in [4.69, 9.17) is 4.52 Å². The van der Waals surface area contributed by atoms with Gasteiger partial charge in [-0.25, -0.2) is 0 Å². The van der Waals surface area contributed by atoms with Gasteiger partial charge in [0.1, 0.15) is 12.3 Å². The number of thioether (sulfide) groups is 1. The molecule has 1 aliphatic rings. The number of aromatic nitrogens is 1. The van der Waals surface area contributed by atoms with Crippen molar-refractivity contribution in [1.29, 1.82) is 0 Å². The molecule has 1 aliphatic heterocycles. The Morgan fingerprint density at radius 2 is 1.96 bits per heavy atom. The molecule has 3 aromatic rings. The molecule has 0 saturated heterocycles. The standard InChI is InChI=1S/C21H19N3O3S/c1-14-11-19(23-27-14)22-20(25)13-24-16-9-5-6-10-17(16)28-18(12-21(24)26)15-7-3-2-4-8-15/h2-11,18H,12-13H2,1H3,(H,22,23,25). The summed E-state index contributed by atoms with van der Waals surface area (Å²) in [5.41, 5.74) is 1.85. The minimum absolute atomic E-state index is 0.00102. The number of anilines is 2. The number of hydrogen-bond acceptors (Lipinski definition) is 5. The van der Waals surface area contributed by atoms with Gasteiger partial charge in [0, 0.05) is 22.6 Å². The van der Waals surface area contributed by atoms with Gasteiger partial charge in [-0.1, -0.05) is 47.6 Å². The van der Waals surface area contributed by atoms with Gasteiger partial charge in [-0.3, -0.25) is 9.59 Å². The summed E-state index contributed by atoms with van der Waals surface area (Å²) in [6.45, 7) is 1.67. The predicted molar refractivity (Wildman–Crippen MR) is 108 cm³/mol. The molecular formula is C21H19N3O3S. The Balaban J connectivity index is 1.59. The summed E-state index contributed by atoms with van der Waals surface area (Å²) in [5.74, 6) is 0.542. The number of benzene rings is 2. The summed E-state index contributed by atoms with van der Waals surface area (Å²) in [6.07, 6.45) is 0.319. The summed E-state index contributed by atoms with van der Waals surface area (Å²) < 4.78 is 4.97. The lowest BCUT2D eigenvalue weighted by atomic mass is 10.1. The van der Waals surface area contributed by atoms with Gasteiger partial charge in [-0.05, 0) is 24.6 Å². The molecule has 2 heterocycles. The van der Waals surface area contributed by atoms with Crippen LogP contribution in [0.5, 0.6) is 0 Å². The van der Waals surface area contributed by atoms with Gasteiger partial charge in [0.2, 0.25) is 11.8 Å². The smallest absolute Gasteiger partial charge is 0.245 e. The molecule has 0 bridgehead atoms. The van der Waals surface area contributed by atoms with Crippen LogP contribution in [0.15, 0.2) is 70.1 Å². The van der Waals surface area contributed by atoms with Crippen LogP contribution in [0.3, 0.4) is 0 Å². The first-order chi connectivity index (χ1) is 13.6. The maximum Gasteiger partial charge on any atom is 0.245 e. The van der Waals surface area contributed by atoms with Crippen LogP contribution in [0.1, 0.15) is 23.0 Å². The molecule has 1 aromatic heterocycles. The monoisotopic (exact) mass is 393 g/mol. The molecule has 7 heteroatoms. The van der Waals surface area contributed by atoms with Crippen LogP contribution >= 0.6 is 11.8 Å². The Hall–Kier alpha value is -3.06. The van der Waals surface area contributed by atoms with Crippen molar-refractivity contribution in [2.75, 3.05) is 16.8 Å². The summed E-state index contributed by atoms with van der Waals surface area (Å²) in [4.78, 5) is 28.1. The van der Waals surface area contributed by atoms with Gasteiger partial charge >= 0.3 is 0 Å². The largest absolute Gasteiger partial charge is 0.360 e. The number of nitrogens with one attached hydrogen (secondary N) is 1. The zero-order chi connectivity index (χ0) is 19.5. The van der Waals surface area contributed by atoms with Crippen molar-refractivity contribution in [3.05, 3.63) is 72.0 Å². The van der Waals surface area contributed by atoms with E-state index in [1.165, 1.54) is 0 Å². The van der Waals surface area contributed by atoms with Crippen molar-refractivity contribution in [2.24, 2.45) is 0 Å². The fraction of sp³-hybridized carbons (Fsp3) is 0.190. The average Bonchev–Trinajstić information content (AvgIpc) is 3.05. The molecule has 0 fully saturated rings. The van der Waals surface area contributed by atoms with E-state index in [0.717, 1.165) is 16.1 Å². The number of nitrogens with zero attached hydrogens (tertiary/aromatic N) is 2. The fourth-order valence-electron chi connectivity index (χ4n) is 3.16. The molecular weight excluding hydrogens is 374 g/mol. The number of fused-ring (bicyclic) bond motifs is 1. The van der Waals surface area contributed by atoms with Crippen LogP contribution in [0, 0.1) is 6.92 Å². The Bertz CT molecular complexity index is 1000. The predicted octanol–water partition coefficient (Wildman–Crippen LogP) is 4.19. The van der Waals surface area contributed by atoms with E-state index in [1.807, 2.05) is 54.6 Å². The Kier molecular flexibility index (Phi) is 5.16. The zero-order valence-electron chi connectivity index (χ0n) is 15.3. The first-order valence-corrected chi connectivity index (χ1v) is 9.82. The SMILES string of the molecule is Cc1cc(NC(=O)CN2C(=O)CC(c3ccccc3)Sc3ccccc32)no1. The van der Waals surface area contributed by atoms with E-state index in [9.17, 15) is 9.59 Å².